The highest BCUT2D eigenvalue weighted by atomic mass is 35.5. The molecule has 5 rings (SSSR count). The first-order chi connectivity index (χ1) is 17.3. The van der Waals surface area contributed by atoms with Gasteiger partial charge in [-0.25, -0.2) is 8.42 Å². The number of aryl methyl sites for hydroxylation is 1. The van der Waals surface area contributed by atoms with E-state index in [1.54, 1.807) is 16.4 Å². The van der Waals surface area contributed by atoms with Gasteiger partial charge in [0.15, 0.2) is 0 Å². The number of aliphatic hydroxyl groups is 1. The molecule has 2 heterocycles. The molecule has 1 unspecified atom stereocenters. The van der Waals surface area contributed by atoms with Crippen LogP contribution in [-0.2, 0) is 10.0 Å². The van der Waals surface area contributed by atoms with Crippen LogP contribution in [0.1, 0.15) is 22.6 Å². The van der Waals surface area contributed by atoms with Gasteiger partial charge in [-0.15, -0.1) is 0 Å². The second-order valence-electron chi connectivity index (χ2n) is 9.63. The Morgan fingerprint density at radius 3 is 2.39 bits per heavy atom. The summed E-state index contributed by atoms with van der Waals surface area (Å²) in [5.74, 6) is 0.0329. The van der Waals surface area contributed by atoms with Crippen molar-refractivity contribution < 1.29 is 13.5 Å². The van der Waals surface area contributed by atoms with Gasteiger partial charge in [0.1, 0.15) is 0 Å². The maximum absolute atomic E-state index is 13.6. The van der Waals surface area contributed by atoms with Crippen molar-refractivity contribution in [3.63, 3.8) is 0 Å². The van der Waals surface area contributed by atoms with E-state index >= 15 is 0 Å². The van der Waals surface area contributed by atoms with E-state index in [1.165, 1.54) is 0 Å². The van der Waals surface area contributed by atoms with Gasteiger partial charge < -0.3 is 5.11 Å². The van der Waals surface area contributed by atoms with Crippen LogP contribution in [0.15, 0.2) is 83.8 Å². The Kier molecular flexibility index (Phi) is 7.07. The summed E-state index contributed by atoms with van der Waals surface area (Å²) in [5, 5.41) is 11.0. The highest BCUT2D eigenvalue weighted by molar-refractivity contribution is 7.89. The van der Waals surface area contributed by atoms with Crippen LogP contribution in [0.5, 0.6) is 0 Å². The van der Waals surface area contributed by atoms with Crippen molar-refractivity contribution in [1.29, 1.82) is 0 Å². The number of rotatable bonds is 5. The van der Waals surface area contributed by atoms with Gasteiger partial charge in [-0.05, 0) is 53.8 Å². The van der Waals surface area contributed by atoms with Crippen LogP contribution in [0.2, 0.25) is 5.02 Å². The van der Waals surface area contributed by atoms with E-state index < -0.39 is 10.0 Å². The van der Waals surface area contributed by atoms with Crippen LogP contribution in [0.25, 0.3) is 11.1 Å². The number of halogens is 1. The average molecular weight is 523 g/mol. The monoisotopic (exact) mass is 522 g/mol. The van der Waals surface area contributed by atoms with Gasteiger partial charge in [0.25, 0.3) is 0 Å². The molecule has 0 aromatic heterocycles. The summed E-state index contributed by atoms with van der Waals surface area (Å²) in [6.07, 6.45) is 3.92. The molecule has 0 amide bonds. The number of sulfonamides is 1. The fourth-order valence-corrected chi connectivity index (χ4v) is 7.43. The summed E-state index contributed by atoms with van der Waals surface area (Å²) in [7, 11) is -3.66. The van der Waals surface area contributed by atoms with Crippen LogP contribution in [-0.4, -0.2) is 61.1 Å². The van der Waals surface area contributed by atoms with E-state index in [4.69, 9.17) is 11.6 Å². The minimum atomic E-state index is -3.66. The number of hydrogen-bond acceptors (Lipinski definition) is 4. The van der Waals surface area contributed by atoms with Gasteiger partial charge in [0.05, 0.1) is 11.5 Å². The molecule has 0 spiro atoms. The van der Waals surface area contributed by atoms with Crippen LogP contribution in [0.3, 0.4) is 0 Å². The lowest BCUT2D eigenvalue weighted by Gasteiger charge is -2.56. The minimum absolute atomic E-state index is 0.0225. The zero-order valence-electron chi connectivity index (χ0n) is 20.5. The first-order valence-electron chi connectivity index (χ1n) is 12.3. The summed E-state index contributed by atoms with van der Waals surface area (Å²) in [5.41, 5.74) is 5.07. The van der Waals surface area contributed by atoms with Crippen LogP contribution < -0.4 is 0 Å². The summed E-state index contributed by atoms with van der Waals surface area (Å²) in [6.45, 7) is 5.28. The first-order valence-corrected chi connectivity index (χ1v) is 14.1. The largest absolute Gasteiger partial charge is 0.395 e. The normalized spacial score (nSPS) is 23.8. The van der Waals surface area contributed by atoms with Crippen LogP contribution in [0.4, 0.5) is 0 Å². The standard InChI is InChI=1S/C29H31ClN2O3S/c1-20-8-3-4-11-28(20)36(34,35)31-16-5-6-17-32-26(18-31)29(27(32)19-33)23-14-12-22(13-15-23)24-9-7-10-25(30)21(24)2/h3-15,26-27,29,33H,16-19H2,1-2H3/b6-5-/t26?,27-,29+/m1/s1. The van der Waals surface area contributed by atoms with Crippen LogP contribution in [0, 0.1) is 13.8 Å². The molecule has 5 nitrogen and oxygen atoms in total. The van der Waals surface area contributed by atoms with Crippen molar-refractivity contribution in [2.45, 2.75) is 36.7 Å². The van der Waals surface area contributed by atoms with E-state index in [1.807, 2.05) is 50.3 Å². The molecule has 0 radical (unpaired) electrons. The van der Waals surface area contributed by atoms with E-state index in [9.17, 15) is 13.5 Å². The second kappa shape index (κ2) is 10.1. The molecule has 0 saturated carbocycles. The highest BCUT2D eigenvalue weighted by Crippen LogP contribution is 2.42. The summed E-state index contributed by atoms with van der Waals surface area (Å²) in [6, 6.07) is 21.4. The average Bonchev–Trinajstić information content (AvgIpc) is 2.85. The Labute approximate surface area is 218 Å². The molecule has 0 bridgehead atoms. The predicted molar refractivity (Wildman–Crippen MR) is 145 cm³/mol. The summed E-state index contributed by atoms with van der Waals surface area (Å²) in [4.78, 5) is 2.57. The maximum atomic E-state index is 13.6. The molecular weight excluding hydrogens is 492 g/mol. The Morgan fingerprint density at radius 1 is 0.944 bits per heavy atom. The molecule has 188 valence electrons. The smallest absolute Gasteiger partial charge is 0.243 e. The molecule has 3 aromatic rings. The van der Waals surface area contributed by atoms with E-state index in [-0.39, 0.29) is 24.6 Å². The SMILES string of the molecule is Cc1ccccc1S(=O)(=O)N1C/C=C\CN2C(C1)[C@H](c1ccc(-c3cccc(Cl)c3C)cc1)[C@H]2CO. The minimum Gasteiger partial charge on any atom is -0.395 e. The van der Waals surface area contributed by atoms with Crippen molar-refractivity contribution in [3.05, 3.63) is 101 Å². The number of fused-ring (bicyclic) bond motifs is 1. The number of benzene rings is 3. The Hall–Kier alpha value is -2.48. The van der Waals surface area contributed by atoms with Gasteiger partial charge in [0.2, 0.25) is 10.0 Å². The maximum Gasteiger partial charge on any atom is 0.243 e. The van der Waals surface area contributed by atoms with Crippen molar-refractivity contribution in [1.82, 2.24) is 9.21 Å². The molecule has 3 aromatic carbocycles. The van der Waals surface area contributed by atoms with E-state index in [0.717, 1.165) is 32.8 Å². The highest BCUT2D eigenvalue weighted by Gasteiger charge is 2.49. The number of nitrogens with zero attached hydrogens (tertiary/aromatic N) is 2. The quantitative estimate of drug-likeness (QED) is 0.478. The molecule has 0 aliphatic carbocycles. The zero-order valence-corrected chi connectivity index (χ0v) is 22.1. The summed E-state index contributed by atoms with van der Waals surface area (Å²) < 4.78 is 28.8. The van der Waals surface area contributed by atoms with Crippen molar-refractivity contribution in [2.24, 2.45) is 0 Å². The van der Waals surface area contributed by atoms with Gasteiger partial charge in [0, 0.05) is 42.7 Å². The number of hydrogen-bond donors (Lipinski definition) is 1. The molecule has 1 fully saturated rings. The van der Waals surface area contributed by atoms with Crippen molar-refractivity contribution in [3.8, 4) is 11.1 Å². The molecule has 3 atom stereocenters. The second-order valence-corrected chi connectivity index (χ2v) is 11.9. The van der Waals surface area contributed by atoms with Crippen molar-refractivity contribution >= 4 is 21.6 Å². The third kappa shape index (κ3) is 4.42. The fourth-order valence-electron chi connectivity index (χ4n) is 5.62. The topological polar surface area (TPSA) is 60.9 Å². The number of aliphatic hydroxyl groups excluding tert-OH is 1. The Bertz CT molecular complexity index is 1390. The van der Waals surface area contributed by atoms with E-state index in [2.05, 4.69) is 35.2 Å². The molecule has 2 aliphatic heterocycles. The fraction of sp³-hybridized carbons (Fsp3) is 0.310. The Morgan fingerprint density at radius 2 is 1.67 bits per heavy atom. The van der Waals surface area contributed by atoms with E-state index in [0.29, 0.717) is 24.5 Å². The zero-order chi connectivity index (χ0) is 25.4. The van der Waals surface area contributed by atoms with Gasteiger partial charge in [-0.2, -0.15) is 4.31 Å². The summed E-state index contributed by atoms with van der Waals surface area (Å²) >= 11 is 6.33. The molecule has 2 aliphatic rings. The van der Waals surface area contributed by atoms with Gasteiger partial charge >= 0.3 is 0 Å². The molecule has 36 heavy (non-hydrogen) atoms. The van der Waals surface area contributed by atoms with Crippen LogP contribution >= 0.6 is 11.6 Å². The molecule has 1 N–H and O–H groups in total. The predicted octanol–water partition coefficient (Wildman–Crippen LogP) is 5.01. The third-order valence-electron chi connectivity index (χ3n) is 7.64. The first kappa shape index (κ1) is 25.2. The van der Waals surface area contributed by atoms with Gasteiger partial charge in [-0.1, -0.05) is 78.4 Å². The Balaban J connectivity index is 1.45. The molecule has 1 saturated heterocycles. The third-order valence-corrected chi connectivity index (χ3v) is 10.0. The van der Waals surface area contributed by atoms with Gasteiger partial charge in [-0.3, -0.25) is 4.90 Å². The lowest BCUT2D eigenvalue weighted by Crippen LogP contribution is -2.67. The lowest BCUT2D eigenvalue weighted by atomic mass is 9.74. The molecule has 7 heteroatoms. The molecular formula is C29H31ClN2O3S. The van der Waals surface area contributed by atoms with Crippen molar-refractivity contribution in [2.75, 3.05) is 26.2 Å². The lowest BCUT2D eigenvalue weighted by molar-refractivity contribution is -0.0415.